The lowest BCUT2D eigenvalue weighted by Gasteiger charge is -2.40. The molecule has 34 heavy (non-hydrogen) atoms. The summed E-state index contributed by atoms with van der Waals surface area (Å²) < 4.78 is 38.5. The number of nitrogens with zero attached hydrogens (tertiary/aromatic N) is 5. The van der Waals surface area contributed by atoms with Gasteiger partial charge in [-0.1, -0.05) is 6.92 Å². The first-order chi connectivity index (χ1) is 16.1. The topological polar surface area (TPSA) is 75.9 Å². The van der Waals surface area contributed by atoms with Crippen molar-refractivity contribution in [2.45, 2.75) is 45.8 Å². The molecule has 3 aromatic rings. The number of aryl methyl sites for hydroxylation is 2. The molecule has 0 unspecified atom stereocenters. The van der Waals surface area contributed by atoms with E-state index in [0.717, 1.165) is 36.2 Å². The van der Waals surface area contributed by atoms with Crippen molar-refractivity contribution in [1.29, 1.82) is 0 Å². The molecule has 0 radical (unpaired) electrons. The van der Waals surface area contributed by atoms with Crippen molar-refractivity contribution in [3.8, 4) is 5.69 Å². The summed E-state index contributed by atoms with van der Waals surface area (Å²) in [7, 11) is 0. The van der Waals surface area contributed by atoms with Crippen LogP contribution in [0.5, 0.6) is 0 Å². The summed E-state index contributed by atoms with van der Waals surface area (Å²) in [4.78, 5) is 21.0. The zero-order valence-electron chi connectivity index (χ0n) is 19.3. The van der Waals surface area contributed by atoms with Crippen LogP contribution in [-0.2, 0) is 6.18 Å². The number of alkyl halides is 3. The molecule has 0 bridgehead atoms. The van der Waals surface area contributed by atoms with Crippen molar-refractivity contribution in [2.75, 3.05) is 18.4 Å². The summed E-state index contributed by atoms with van der Waals surface area (Å²) in [6.07, 6.45) is 1.35. The molecule has 7 nitrogen and oxygen atoms in total. The molecule has 2 aromatic heterocycles. The largest absolute Gasteiger partial charge is 0.417 e. The predicted molar refractivity (Wildman–Crippen MR) is 122 cm³/mol. The first kappa shape index (κ1) is 23.7. The number of piperidine rings is 1. The average molecular weight is 473 g/mol. The highest BCUT2D eigenvalue weighted by atomic mass is 19.4. The Balaban J connectivity index is 1.58. The number of carbonyl (C=O) groups is 1. The number of carbonyl (C=O) groups excluding carboxylic acids is 1. The fraction of sp³-hybridized carbons (Fsp3) is 0.417. The molecule has 1 aromatic carbocycles. The Kier molecular flexibility index (Phi) is 6.58. The summed E-state index contributed by atoms with van der Waals surface area (Å²) in [6.45, 7) is 6.99. The van der Waals surface area contributed by atoms with Crippen molar-refractivity contribution in [3.63, 3.8) is 0 Å². The first-order valence-corrected chi connectivity index (χ1v) is 11.2. The van der Waals surface area contributed by atoms with E-state index in [1.165, 1.54) is 10.9 Å². The first-order valence-electron chi connectivity index (χ1n) is 11.2. The highest BCUT2D eigenvalue weighted by molar-refractivity contribution is 5.98. The van der Waals surface area contributed by atoms with Gasteiger partial charge in [-0.2, -0.15) is 28.2 Å². The molecule has 0 spiro atoms. The lowest BCUT2D eigenvalue weighted by atomic mass is 9.89. The number of halogens is 3. The molecule has 1 aliphatic heterocycles. The van der Waals surface area contributed by atoms with Crippen LogP contribution < -0.4 is 5.32 Å². The van der Waals surface area contributed by atoms with Crippen molar-refractivity contribution in [2.24, 2.45) is 5.92 Å². The highest BCUT2D eigenvalue weighted by Gasteiger charge is 2.34. The second-order valence-corrected chi connectivity index (χ2v) is 8.77. The third kappa shape index (κ3) is 4.90. The maximum Gasteiger partial charge on any atom is 0.417 e. The van der Waals surface area contributed by atoms with Crippen molar-refractivity contribution in [1.82, 2.24) is 24.9 Å². The quantitative estimate of drug-likeness (QED) is 0.585. The Labute approximate surface area is 196 Å². The van der Waals surface area contributed by atoms with E-state index in [2.05, 4.69) is 27.4 Å². The molecular weight excluding hydrogens is 445 g/mol. The van der Waals surface area contributed by atoms with Gasteiger partial charge in [-0.15, -0.1) is 0 Å². The van der Waals surface area contributed by atoms with E-state index in [0.29, 0.717) is 30.2 Å². The molecule has 1 aliphatic rings. The van der Waals surface area contributed by atoms with Crippen molar-refractivity contribution < 1.29 is 18.0 Å². The summed E-state index contributed by atoms with van der Waals surface area (Å²) >= 11 is 0. The number of amides is 1. The average Bonchev–Trinajstić information content (AvgIpc) is 3.34. The van der Waals surface area contributed by atoms with Crippen molar-refractivity contribution in [3.05, 3.63) is 65.1 Å². The molecule has 1 N–H and O–H groups in total. The molecule has 10 heteroatoms. The molecule has 180 valence electrons. The summed E-state index contributed by atoms with van der Waals surface area (Å²) in [5.41, 5.74) is 2.37. The van der Waals surface area contributed by atoms with Gasteiger partial charge in [-0.3, -0.25) is 4.79 Å². The van der Waals surface area contributed by atoms with Gasteiger partial charge in [-0.25, -0.2) is 4.98 Å². The Morgan fingerprint density at radius 2 is 1.85 bits per heavy atom. The standard InChI is InChI=1S/C24H27F3N6O/c1-15-5-4-10-32(21(15)14-29-22-7-6-18(13-28-22)24(25,26)27)23(34)19-11-16(2)17(3)12-20(19)33-30-8-9-31-33/h6-9,11-13,15,21H,4-5,10,14H2,1-3H3,(H,28,29)/t15-,21-/m1/s1. The van der Waals surface area contributed by atoms with Crippen LogP contribution >= 0.6 is 0 Å². The van der Waals surface area contributed by atoms with Crippen LogP contribution in [0.2, 0.25) is 0 Å². The molecular formula is C24H27F3N6O. The van der Waals surface area contributed by atoms with Gasteiger partial charge >= 0.3 is 6.18 Å². The fourth-order valence-corrected chi connectivity index (χ4v) is 4.32. The molecule has 3 heterocycles. The minimum atomic E-state index is -4.43. The predicted octanol–water partition coefficient (Wildman–Crippen LogP) is 4.65. The molecule has 1 amide bonds. The third-order valence-electron chi connectivity index (χ3n) is 6.44. The summed E-state index contributed by atoms with van der Waals surface area (Å²) in [5.74, 6) is 0.428. The second kappa shape index (κ2) is 9.44. The van der Waals surface area contributed by atoms with E-state index in [-0.39, 0.29) is 17.9 Å². The van der Waals surface area contributed by atoms with Crippen LogP contribution in [0, 0.1) is 19.8 Å². The SMILES string of the molecule is Cc1cc(C(=O)N2CCC[C@@H](C)[C@H]2CNc2ccc(C(F)(F)F)cn2)c(-n2nccn2)cc1C. The van der Waals surface area contributed by atoms with Crippen molar-refractivity contribution >= 4 is 11.7 Å². The van der Waals surface area contributed by atoms with E-state index in [1.807, 2.05) is 30.9 Å². The molecule has 4 rings (SSSR count). The van der Waals surface area contributed by atoms with Crippen LogP contribution in [0.1, 0.15) is 46.8 Å². The number of hydrogen-bond donors (Lipinski definition) is 1. The third-order valence-corrected chi connectivity index (χ3v) is 6.44. The van der Waals surface area contributed by atoms with Crippen LogP contribution in [0.4, 0.5) is 19.0 Å². The number of benzene rings is 1. The lowest BCUT2D eigenvalue weighted by Crippen LogP contribution is -2.51. The van der Waals surface area contributed by atoms with E-state index in [4.69, 9.17) is 0 Å². The molecule has 1 saturated heterocycles. The van der Waals surface area contributed by atoms with Crippen LogP contribution in [0.3, 0.4) is 0 Å². The smallest absolute Gasteiger partial charge is 0.368 e. The fourth-order valence-electron chi connectivity index (χ4n) is 4.32. The van der Waals surface area contributed by atoms with Gasteiger partial charge in [0.2, 0.25) is 0 Å². The van der Waals surface area contributed by atoms with Gasteiger partial charge in [0.25, 0.3) is 5.91 Å². The Morgan fingerprint density at radius 1 is 1.15 bits per heavy atom. The molecule has 0 aliphatic carbocycles. The Bertz CT molecular complexity index is 1140. The lowest BCUT2D eigenvalue weighted by molar-refractivity contribution is -0.137. The molecule has 0 saturated carbocycles. The van der Waals surface area contributed by atoms with Crippen LogP contribution in [-0.4, -0.2) is 49.9 Å². The number of rotatable bonds is 5. The van der Waals surface area contributed by atoms with E-state index in [1.54, 1.807) is 12.4 Å². The van der Waals surface area contributed by atoms with Gasteiger partial charge < -0.3 is 10.2 Å². The molecule has 1 fully saturated rings. The maximum atomic E-state index is 13.8. The van der Waals surface area contributed by atoms with E-state index < -0.39 is 11.7 Å². The maximum absolute atomic E-state index is 13.8. The highest BCUT2D eigenvalue weighted by Crippen LogP contribution is 2.30. The number of anilines is 1. The van der Waals surface area contributed by atoms with Gasteiger partial charge in [0, 0.05) is 19.3 Å². The summed E-state index contributed by atoms with van der Waals surface area (Å²) in [5, 5.41) is 11.5. The Morgan fingerprint density at radius 3 is 2.50 bits per heavy atom. The zero-order valence-corrected chi connectivity index (χ0v) is 19.3. The van der Waals surface area contributed by atoms with E-state index >= 15 is 0 Å². The number of likely N-dealkylation sites (tertiary alicyclic amines) is 1. The molecule has 2 atom stereocenters. The van der Waals surface area contributed by atoms with Gasteiger partial charge in [-0.05, 0) is 68.0 Å². The number of pyridine rings is 1. The zero-order chi connectivity index (χ0) is 24.5. The van der Waals surface area contributed by atoms with Gasteiger partial charge in [0.1, 0.15) is 5.82 Å². The van der Waals surface area contributed by atoms with Gasteiger partial charge in [0.15, 0.2) is 0 Å². The Hall–Kier alpha value is -3.43. The number of hydrogen-bond acceptors (Lipinski definition) is 5. The van der Waals surface area contributed by atoms with Crippen LogP contribution in [0.15, 0.2) is 42.9 Å². The minimum Gasteiger partial charge on any atom is -0.368 e. The number of aromatic nitrogens is 4. The van der Waals surface area contributed by atoms with Gasteiger partial charge in [0.05, 0.1) is 35.2 Å². The number of nitrogens with one attached hydrogen (secondary N) is 1. The van der Waals surface area contributed by atoms with Crippen LogP contribution in [0.25, 0.3) is 5.69 Å². The normalized spacial score (nSPS) is 18.7. The monoisotopic (exact) mass is 472 g/mol. The minimum absolute atomic E-state index is 0.117. The second-order valence-electron chi connectivity index (χ2n) is 8.77. The summed E-state index contributed by atoms with van der Waals surface area (Å²) in [6, 6.07) is 5.95. The van der Waals surface area contributed by atoms with E-state index in [9.17, 15) is 18.0 Å².